The first-order valence-corrected chi connectivity index (χ1v) is 9.59. The number of hydrogen-bond acceptors (Lipinski definition) is 3. The molecule has 1 amide bonds. The molecular formula is C20H24F2N4O. The van der Waals surface area contributed by atoms with Crippen molar-refractivity contribution in [3.63, 3.8) is 0 Å². The Kier molecular flexibility index (Phi) is 4.95. The zero-order valence-electron chi connectivity index (χ0n) is 15.4. The Morgan fingerprint density at radius 1 is 1.30 bits per heavy atom. The van der Waals surface area contributed by atoms with Crippen LogP contribution in [0.5, 0.6) is 0 Å². The molecule has 27 heavy (non-hydrogen) atoms. The van der Waals surface area contributed by atoms with Gasteiger partial charge < -0.3 is 5.32 Å². The van der Waals surface area contributed by atoms with Crippen molar-refractivity contribution in [2.75, 3.05) is 6.54 Å². The molecule has 0 radical (unpaired) electrons. The molecular weight excluding hydrogens is 350 g/mol. The lowest BCUT2D eigenvalue weighted by atomic mass is 9.99. The van der Waals surface area contributed by atoms with E-state index in [1.54, 1.807) is 0 Å². The smallest absolute Gasteiger partial charge is 0.237 e. The molecule has 2 N–H and O–H groups in total. The van der Waals surface area contributed by atoms with E-state index in [0.29, 0.717) is 23.8 Å². The van der Waals surface area contributed by atoms with Crippen molar-refractivity contribution in [2.45, 2.75) is 57.7 Å². The molecule has 0 spiro atoms. The summed E-state index contributed by atoms with van der Waals surface area (Å²) in [5.74, 6) is -1.70. The molecule has 4 rings (SSSR count). The number of benzene rings is 1. The number of carbonyl (C=O) groups is 1. The average Bonchev–Trinajstić information content (AvgIpc) is 3.32. The molecule has 5 nitrogen and oxygen atoms in total. The lowest BCUT2D eigenvalue weighted by Crippen LogP contribution is -2.49. The van der Waals surface area contributed by atoms with Crippen molar-refractivity contribution in [3.05, 3.63) is 41.1 Å². The van der Waals surface area contributed by atoms with Gasteiger partial charge in [-0.05, 0) is 38.0 Å². The molecule has 0 bridgehead atoms. The maximum Gasteiger partial charge on any atom is 0.237 e. The van der Waals surface area contributed by atoms with Crippen molar-refractivity contribution in [2.24, 2.45) is 0 Å². The normalized spacial score (nSPS) is 19.1. The van der Waals surface area contributed by atoms with Crippen LogP contribution in [0, 0.1) is 11.6 Å². The number of aromatic nitrogens is 2. The zero-order chi connectivity index (χ0) is 19.0. The number of rotatable bonds is 4. The number of H-pyrrole nitrogens is 1. The largest absolute Gasteiger partial charge is 0.352 e. The van der Waals surface area contributed by atoms with E-state index in [4.69, 9.17) is 0 Å². The van der Waals surface area contributed by atoms with Crippen molar-refractivity contribution in [3.8, 4) is 11.3 Å². The molecule has 0 unspecified atom stereocenters. The molecule has 1 aliphatic heterocycles. The molecule has 7 heteroatoms. The van der Waals surface area contributed by atoms with Gasteiger partial charge in [0.05, 0.1) is 11.7 Å². The number of hydrogen-bond donors (Lipinski definition) is 2. The fraction of sp³-hybridized carbons (Fsp3) is 0.500. The molecule has 1 aliphatic carbocycles. The Morgan fingerprint density at radius 3 is 2.81 bits per heavy atom. The Bertz CT molecular complexity index is 845. The van der Waals surface area contributed by atoms with Gasteiger partial charge in [-0.25, -0.2) is 8.78 Å². The minimum Gasteiger partial charge on any atom is -0.352 e. The topological polar surface area (TPSA) is 61.0 Å². The average molecular weight is 374 g/mol. The van der Waals surface area contributed by atoms with Crippen LogP contribution in [-0.2, 0) is 17.8 Å². The fourth-order valence-corrected chi connectivity index (χ4v) is 4.09. The second kappa shape index (κ2) is 7.38. The van der Waals surface area contributed by atoms with E-state index in [0.717, 1.165) is 43.1 Å². The molecule has 1 aromatic heterocycles. The molecule has 1 atom stereocenters. The highest BCUT2D eigenvalue weighted by molar-refractivity contribution is 5.81. The van der Waals surface area contributed by atoms with Gasteiger partial charge in [0.2, 0.25) is 5.91 Å². The van der Waals surface area contributed by atoms with Crippen LogP contribution in [0.1, 0.15) is 43.9 Å². The van der Waals surface area contributed by atoms with Gasteiger partial charge in [-0.2, -0.15) is 5.10 Å². The SMILES string of the molecule is C[C@H](C(=O)NC1CCCC1)N1CCc2[nH]nc(-c3ccc(F)c(F)c3)c2C1. The summed E-state index contributed by atoms with van der Waals surface area (Å²) >= 11 is 0. The predicted molar refractivity (Wildman–Crippen MR) is 97.9 cm³/mol. The Hall–Kier alpha value is -2.28. The summed E-state index contributed by atoms with van der Waals surface area (Å²) < 4.78 is 26.9. The van der Waals surface area contributed by atoms with Crippen LogP contribution in [0.4, 0.5) is 8.78 Å². The van der Waals surface area contributed by atoms with E-state index in [-0.39, 0.29) is 11.9 Å². The van der Waals surface area contributed by atoms with Crippen LogP contribution in [0.15, 0.2) is 18.2 Å². The lowest BCUT2D eigenvalue weighted by Gasteiger charge is -2.32. The van der Waals surface area contributed by atoms with E-state index in [1.807, 2.05) is 6.92 Å². The molecule has 144 valence electrons. The summed E-state index contributed by atoms with van der Waals surface area (Å²) in [5.41, 5.74) is 3.11. The van der Waals surface area contributed by atoms with Crippen LogP contribution in [0.2, 0.25) is 0 Å². The third-order valence-electron chi connectivity index (χ3n) is 5.78. The predicted octanol–water partition coefficient (Wildman–Crippen LogP) is 3.16. The molecule has 1 saturated carbocycles. The van der Waals surface area contributed by atoms with E-state index in [9.17, 15) is 13.6 Å². The van der Waals surface area contributed by atoms with Gasteiger partial charge in [0.15, 0.2) is 11.6 Å². The highest BCUT2D eigenvalue weighted by Gasteiger charge is 2.30. The highest BCUT2D eigenvalue weighted by Crippen LogP contribution is 2.30. The van der Waals surface area contributed by atoms with Crippen LogP contribution in [-0.4, -0.2) is 39.6 Å². The molecule has 2 heterocycles. The van der Waals surface area contributed by atoms with Crippen molar-refractivity contribution in [1.29, 1.82) is 0 Å². The van der Waals surface area contributed by atoms with Crippen molar-refractivity contribution in [1.82, 2.24) is 20.4 Å². The second-order valence-corrected chi connectivity index (χ2v) is 7.54. The van der Waals surface area contributed by atoms with Crippen LogP contribution < -0.4 is 5.32 Å². The number of nitrogens with zero attached hydrogens (tertiary/aromatic N) is 2. The molecule has 2 aromatic rings. The quantitative estimate of drug-likeness (QED) is 0.864. The van der Waals surface area contributed by atoms with E-state index >= 15 is 0 Å². The fourth-order valence-electron chi connectivity index (χ4n) is 4.09. The second-order valence-electron chi connectivity index (χ2n) is 7.54. The summed E-state index contributed by atoms with van der Waals surface area (Å²) in [5, 5.41) is 10.5. The monoisotopic (exact) mass is 374 g/mol. The number of carbonyl (C=O) groups excluding carboxylic acids is 1. The third kappa shape index (κ3) is 3.60. The Balaban J connectivity index is 1.51. The van der Waals surface area contributed by atoms with Crippen LogP contribution >= 0.6 is 0 Å². The standard InChI is InChI=1S/C20H24F2N4O/c1-12(20(27)23-14-4-2-3-5-14)26-9-8-18-15(11-26)19(25-24-18)13-6-7-16(21)17(22)10-13/h6-7,10,12,14H,2-5,8-9,11H2,1H3,(H,23,27)(H,24,25)/t12-/m1/s1. The van der Waals surface area contributed by atoms with E-state index in [1.165, 1.54) is 25.0 Å². The number of amides is 1. The number of halogens is 2. The van der Waals surface area contributed by atoms with Gasteiger partial charge >= 0.3 is 0 Å². The first kappa shape index (κ1) is 18.1. The minimum atomic E-state index is -0.888. The maximum absolute atomic E-state index is 13.6. The van der Waals surface area contributed by atoms with Crippen LogP contribution in [0.3, 0.4) is 0 Å². The van der Waals surface area contributed by atoms with Gasteiger partial charge in [0.1, 0.15) is 0 Å². The first-order chi connectivity index (χ1) is 13.0. The zero-order valence-corrected chi connectivity index (χ0v) is 15.4. The molecule has 1 fully saturated rings. The lowest BCUT2D eigenvalue weighted by molar-refractivity contribution is -0.126. The molecule has 0 saturated heterocycles. The van der Waals surface area contributed by atoms with Gasteiger partial charge in [0, 0.05) is 42.4 Å². The van der Waals surface area contributed by atoms with Gasteiger partial charge in [0.25, 0.3) is 0 Å². The first-order valence-electron chi connectivity index (χ1n) is 9.59. The van der Waals surface area contributed by atoms with Gasteiger partial charge in [-0.1, -0.05) is 12.8 Å². The summed E-state index contributed by atoms with van der Waals surface area (Å²) in [6, 6.07) is 3.87. The maximum atomic E-state index is 13.6. The van der Waals surface area contributed by atoms with E-state index in [2.05, 4.69) is 20.4 Å². The summed E-state index contributed by atoms with van der Waals surface area (Å²) in [7, 11) is 0. The highest BCUT2D eigenvalue weighted by atomic mass is 19.2. The van der Waals surface area contributed by atoms with Gasteiger partial charge in [-0.15, -0.1) is 0 Å². The molecule has 2 aliphatic rings. The summed E-state index contributed by atoms with van der Waals surface area (Å²) in [6.45, 7) is 3.23. The van der Waals surface area contributed by atoms with Gasteiger partial charge in [-0.3, -0.25) is 14.8 Å². The third-order valence-corrected chi connectivity index (χ3v) is 5.78. The Morgan fingerprint density at radius 2 is 2.07 bits per heavy atom. The summed E-state index contributed by atoms with van der Waals surface area (Å²) in [6.07, 6.45) is 5.22. The van der Waals surface area contributed by atoms with E-state index < -0.39 is 11.6 Å². The van der Waals surface area contributed by atoms with Crippen molar-refractivity contribution >= 4 is 5.91 Å². The Labute approximate surface area is 157 Å². The number of nitrogens with one attached hydrogen (secondary N) is 2. The minimum absolute atomic E-state index is 0.0585. The number of fused-ring (bicyclic) bond motifs is 1. The number of aromatic amines is 1. The van der Waals surface area contributed by atoms with Crippen molar-refractivity contribution < 1.29 is 13.6 Å². The van der Waals surface area contributed by atoms with Crippen LogP contribution in [0.25, 0.3) is 11.3 Å². The summed E-state index contributed by atoms with van der Waals surface area (Å²) in [4.78, 5) is 14.7. The molecule has 1 aromatic carbocycles.